The molecule has 1 unspecified atom stereocenters. The molecule has 1 atom stereocenters. The molecule has 0 bridgehead atoms. The summed E-state index contributed by atoms with van der Waals surface area (Å²) < 4.78 is 5.14. The summed E-state index contributed by atoms with van der Waals surface area (Å²) in [5.41, 5.74) is 0.896. The summed E-state index contributed by atoms with van der Waals surface area (Å²) >= 11 is 1.28. The van der Waals surface area contributed by atoms with Gasteiger partial charge in [-0.05, 0) is 44.0 Å². The van der Waals surface area contributed by atoms with Crippen LogP contribution >= 0.6 is 11.3 Å². The van der Waals surface area contributed by atoms with Crippen LogP contribution in [0.3, 0.4) is 0 Å². The molecule has 144 valence electrons. The lowest BCUT2D eigenvalue weighted by Gasteiger charge is -2.22. The van der Waals surface area contributed by atoms with E-state index < -0.39 is 6.04 Å². The van der Waals surface area contributed by atoms with Crippen molar-refractivity contribution in [2.24, 2.45) is 5.92 Å². The van der Waals surface area contributed by atoms with Crippen LogP contribution in [0.15, 0.2) is 24.3 Å². The van der Waals surface area contributed by atoms with Gasteiger partial charge in [-0.3, -0.25) is 14.9 Å². The van der Waals surface area contributed by atoms with E-state index >= 15 is 0 Å². The zero-order valence-corrected chi connectivity index (χ0v) is 16.3. The molecule has 3 rings (SSSR count). The predicted octanol–water partition coefficient (Wildman–Crippen LogP) is 3.24. The molecule has 1 aromatic heterocycles. The second-order valence-corrected chi connectivity index (χ2v) is 7.67. The molecule has 1 fully saturated rings. The van der Waals surface area contributed by atoms with Crippen molar-refractivity contribution in [3.8, 4) is 16.3 Å². The first-order valence-corrected chi connectivity index (χ1v) is 9.97. The number of amides is 2. The molecule has 2 aromatic rings. The van der Waals surface area contributed by atoms with E-state index in [1.54, 1.807) is 14.0 Å². The molecule has 2 amide bonds. The summed E-state index contributed by atoms with van der Waals surface area (Å²) in [5.74, 6) is 0.460. The van der Waals surface area contributed by atoms with Gasteiger partial charge in [0.15, 0.2) is 0 Å². The van der Waals surface area contributed by atoms with Crippen molar-refractivity contribution in [1.82, 2.24) is 15.5 Å². The Bertz CT molecular complexity index is 785. The van der Waals surface area contributed by atoms with E-state index in [1.807, 2.05) is 24.3 Å². The molecule has 0 aliphatic heterocycles. The van der Waals surface area contributed by atoms with Crippen molar-refractivity contribution in [1.29, 1.82) is 0 Å². The highest BCUT2D eigenvalue weighted by atomic mass is 32.1. The summed E-state index contributed by atoms with van der Waals surface area (Å²) in [7, 11) is 1.61. The first-order chi connectivity index (χ1) is 13.1. The molecule has 1 heterocycles. The Morgan fingerprint density at radius 2 is 1.85 bits per heavy atom. The van der Waals surface area contributed by atoms with E-state index in [0.29, 0.717) is 10.1 Å². The Hall–Kier alpha value is -2.48. The molecule has 2 N–H and O–H groups in total. The molecule has 8 heteroatoms. The number of nitrogens with one attached hydrogen (secondary N) is 2. The maximum atomic E-state index is 12.4. The third-order valence-corrected chi connectivity index (χ3v) is 5.61. The van der Waals surface area contributed by atoms with Gasteiger partial charge in [-0.25, -0.2) is 0 Å². The van der Waals surface area contributed by atoms with Gasteiger partial charge in [0.2, 0.25) is 16.9 Å². The lowest BCUT2D eigenvalue weighted by atomic mass is 9.88. The van der Waals surface area contributed by atoms with Crippen molar-refractivity contribution in [2.45, 2.75) is 45.1 Å². The van der Waals surface area contributed by atoms with Gasteiger partial charge >= 0.3 is 0 Å². The van der Waals surface area contributed by atoms with Gasteiger partial charge in [0.05, 0.1) is 7.11 Å². The minimum Gasteiger partial charge on any atom is -0.497 e. The third-order valence-electron chi connectivity index (χ3n) is 4.72. The summed E-state index contributed by atoms with van der Waals surface area (Å²) in [6.07, 6.45) is 5.16. The molecule has 0 radical (unpaired) electrons. The number of nitrogens with zero attached hydrogens (tertiary/aromatic N) is 2. The van der Waals surface area contributed by atoms with E-state index in [0.717, 1.165) is 37.0 Å². The maximum absolute atomic E-state index is 12.4. The SMILES string of the molecule is COc1ccc(-c2nnc(NC(=O)C(C)NC(=O)C3CCCCC3)s2)cc1. The van der Waals surface area contributed by atoms with E-state index in [1.165, 1.54) is 17.8 Å². The monoisotopic (exact) mass is 388 g/mol. The molecule has 0 spiro atoms. The fourth-order valence-electron chi connectivity index (χ4n) is 3.10. The number of anilines is 1. The third kappa shape index (κ3) is 5.03. The fourth-order valence-corrected chi connectivity index (χ4v) is 3.85. The summed E-state index contributed by atoms with van der Waals surface area (Å²) in [6.45, 7) is 1.68. The Morgan fingerprint density at radius 3 is 2.52 bits per heavy atom. The van der Waals surface area contributed by atoms with Gasteiger partial charge < -0.3 is 10.1 Å². The van der Waals surface area contributed by atoms with Crippen molar-refractivity contribution in [3.63, 3.8) is 0 Å². The molecular formula is C19H24N4O3S. The van der Waals surface area contributed by atoms with E-state index in [2.05, 4.69) is 20.8 Å². The van der Waals surface area contributed by atoms with Gasteiger partial charge in [0, 0.05) is 11.5 Å². The van der Waals surface area contributed by atoms with Crippen LogP contribution in [0.1, 0.15) is 39.0 Å². The van der Waals surface area contributed by atoms with E-state index in [-0.39, 0.29) is 17.7 Å². The number of ether oxygens (including phenoxy) is 1. The Morgan fingerprint density at radius 1 is 1.15 bits per heavy atom. The number of hydrogen-bond acceptors (Lipinski definition) is 6. The number of carbonyl (C=O) groups excluding carboxylic acids is 2. The van der Waals surface area contributed by atoms with Crippen LogP contribution in [0.4, 0.5) is 5.13 Å². The van der Waals surface area contributed by atoms with Gasteiger partial charge in [0.25, 0.3) is 0 Å². The lowest BCUT2D eigenvalue weighted by Crippen LogP contribution is -2.44. The van der Waals surface area contributed by atoms with Crippen LogP contribution in [-0.4, -0.2) is 35.2 Å². The molecule has 1 saturated carbocycles. The van der Waals surface area contributed by atoms with Crippen molar-refractivity contribution < 1.29 is 14.3 Å². The van der Waals surface area contributed by atoms with E-state index in [9.17, 15) is 9.59 Å². The number of hydrogen-bond donors (Lipinski definition) is 2. The normalized spacial score (nSPS) is 15.8. The van der Waals surface area contributed by atoms with Gasteiger partial charge in [-0.2, -0.15) is 0 Å². The second kappa shape index (κ2) is 8.94. The van der Waals surface area contributed by atoms with Crippen LogP contribution < -0.4 is 15.4 Å². The van der Waals surface area contributed by atoms with Crippen molar-refractivity contribution in [2.75, 3.05) is 12.4 Å². The van der Waals surface area contributed by atoms with Gasteiger partial charge in [-0.15, -0.1) is 10.2 Å². The van der Waals surface area contributed by atoms with Crippen LogP contribution in [0.5, 0.6) is 5.75 Å². The molecular weight excluding hydrogens is 364 g/mol. The van der Waals surface area contributed by atoms with Crippen molar-refractivity contribution >= 4 is 28.3 Å². The highest BCUT2D eigenvalue weighted by Gasteiger charge is 2.24. The van der Waals surface area contributed by atoms with Gasteiger partial charge in [0.1, 0.15) is 16.8 Å². The Kier molecular flexibility index (Phi) is 6.39. The number of carbonyl (C=O) groups is 2. The lowest BCUT2D eigenvalue weighted by molar-refractivity contribution is -0.129. The first-order valence-electron chi connectivity index (χ1n) is 9.16. The highest BCUT2D eigenvalue weighted by molar-refractivity contribution is 7.18. The maximum Gasteiger partial charge on any atom is 0.248 e. The predicted molar refractivity (Wildman–Crippen MR) is 105 cm³/mol. The average Bonchev–Trinajstić information content (AvgIpc) is 3.17. The minimum absolute atomic E-state index is 0.0252. The fraction of sp³-hybridized carbons (Fsp3) is 0.474. The summed E-state index contributed by atoms with van der Waals surface area (Å²) in [5, 5.41) is 14.8. The average molecular weight is 388 g/mol. The van der Waals surface area contributed by atoms with Crippen LogP contribution in [0.2, 0.25) is 0 Å². The van der Waals surface area contributed by atoms with Crippen molar-refractivity contribution in [3.05, 3.63) is 24.3 Å². The Labute approximate surface area is 162 Å². The minimum atomic E-state index is -0.618. The molecule has 1 aliphatic carbocycles. The molecule has 1 aliphatic rings. The van der Waals surface area contributed by atoms with E-state index in [4.69, 9.17) is 4.74 Å². The standard InChI is InChI=1S/C19H24N4O3S/c1-12(20-17(25)13-6-4-3-5-7-13)16(24)21-19-23-22-18(27-19)14-8-10-15(26-2)11-9-14/h8-13H,3-7H2,1-2H3,(H,20,25)(H,21,23,24). The molecule has 0 saturated heterocycles. The number of benzene rings is 1. The smallest absolute Gasteiger partial charge is 0.248 e. The zero-order chi connectivity index (χ0) is 19.2. The van der Waals surface area contributed by atoms with Crippen LogP contribution in [-0.2, 0) is 9.59 Å². The quantitative estimate of drug-likeness (QED) is 0.792. The molecule has 1 aromatic carbocycles. The topological polar surface area (TPSA) is 93.2 Å². The largest absolute Gasteiger partial charge is 0.497 e. The molecule has 27 heavy (non-hydrogen) atoms. The zero-order valence-electron chi connectivity index (χ0n) is 15.5. The Balaban J connectivity index is 1.55. The van der Waals surface area contributed by atoms with Gasteiger partial charge in [-0.1, -0.05) is 30.6 Å². The highest BCUT2D eigenvalue weighted by Crippen LogP contribution is 2.28. The van der Waals surface area contributed by atoms with Crippen LogP contribution in [0.25, 0.3) is 10.6 Å². The molecule has 7 nitrogen and oxygen atoms in total. The number of aromatic nitrogens is 2. The second-order valence-electron chi connectivity index (χ2n) is 6.70. The summed E-state index contributed by atoms with van der Waals surface area (Å²) in [4.78, 5) is 24.6. The van der Waals surface area contributed by atoms with Crippen LogP contribution in [0, 0.1) is 5.92 Å². The summed E-state index contributed by atoms with van der Waals surface area (Å²) in [6, 6.07) is 6.85. The first kappa shape index (κ1) is 19.3. The number of methoxy groups -OCH3 is 1. The number of rotatable bonds is 6.